The zero-order chi connectivity index (χ0) is 41.2. The van der Waals surface area contributed by atoms with Gasteiger partial charge >= 0.3 is 12.0 Å². The molecular weight excluding hydrogens is 751 g/mol. The van der Waals surface area contributed by atoms with Crippen molar-refractivity contribution in [2.45, 2.75) is 114 Å². The number of rotatable bonds is 31. The molecule has 4 atom stereocenters. The van der Waals surface area contributed by atoms with Gasteiger partial charge in [-0.3, -0.25) is 19.2 Å². The summed E-state index contributed by atoms with van der Waals surface area (Å²) < 4.78 is 27.2. The number of hydrogen-bond donors (Lipinski definition) is 6. The number of ketones is 1. The van der Waals surface area contributed by atoms with Crippen LogP contribution in [0.3, 0.4) is 0 Å². The Bertz CT molecular complexity index is 1300. The molecule has 2 aliphatic heterocycles. The van der Waals surface area contributed by atoms with Crippen LogP contribution in [0, 0.1) is 5.41 Å². The first-order valence-electron chi connectivity index (χ1n) is 19.5. The van der Waals surface area contributed by atoms with E-state index in [1.807, 2.05) is 11.8 Å². The first-order chi connectivity index (χ1) is 26.8. The Morgan fingerprint density at radius 3 is 2.12 bits per heavy atom. The highest BCUT2D eigenvalue weighted by Gasteiger charge is 2.42. The number of ether oxygens (including phenoxy) is 5. The van der Waals surface area contributed by atoms with E-state index in [1.165, 1.54) is 0 Å². The molecule has 0 aromatic heterocycles. The minimum atomic E-state index is -0.963. The number of esters is 1. The summed E-state index contributed by atoms with van der Waals surface area (Å²) in [5.41, 5.74) is 4.94. The predicted molar refractivity (Wildman–Crippen MR) is 211 cm³/mol. The summed E-state index contributed by atoms with van der Waals surface area (Å²) in [5.74, 6) is -1.24. The van der Waals surface area contributed by atoms with Crippen LogP contribution in [0.15, 0.2) is 4.99 Å². The van der Waals surface area contributed by atoms with Gasteiger partial charge in [-0.05, 0) is 52.9 Å². The van der Waals surface area contributed by atoms with Crippen LogP contribution in [-0.2, 0) is 47.7 Å². The summed E-state index contributed by atoms with van der Waals surface area (Å²) in [7, 11) is 0. The SMILES string of the molecule is CC(C)(C)OC(=O)C(CCC(=O)C=N)=NC(=O)[C@@H](N)CCCCNC(=O)CCOCCOCCOCCOCCNC(=O)CCCC[C@@H]1SC[C@@H]2NC(=O)N[C@@H]21. The number of thioether (sulfide) groups is 1. The summed E-state index contributed by atoms with van der Waals surface area (Å²) >= 11 is 1.88. The van der Waals surface area contributed by atoms with Crippen LogP contribution in [0.25, 0.3) is 0 Å². The number of hydrogen-bond acceptors (Lipinski definition) is 14. The standard InChI is InChI=1S/C37H63N7O11S/c1-37(2,3)55-35(49)28(12-11-26(45)24-38)42-34(48)27(39)8-6-7-14-40-32(47)13-16-51-18-20-53-22-23-54-21-19-52-17-15-41-31(46)10-5-4-9-30-33-29(25-56-30)43-36(50)44-33/h24,27,29-30,33,38H,4-23,25,39H2,1-3H3,(H,40,47)(H,41,46)(H2,43,44,50)/t27-,29-,30-,33-/m0/s1. The summed E-state index contributed by atoms with van der Waals surface area (Å²) in [4.78, 5) is 76.0. The highest BCUT2D eigenvalue weighted by molar-refractivity contribution is 8.00. The van der Waals surface area contributed by atoms with E-state index in [0.29, 0.717) is 90.1 Å². The third-order valence-electron chi connectivity index (χ3n) is 8.47. The molecule has 2 rings (SSSR count). The lowest BCUT2D eigenvalue weighted by atomic mass is 10.0. The second-order valence-corrected chi connectivity index (χ2v) is 15.7. The maximum absolute atomic E-state index is 12.5. The fraction of sp³-hybridized carbons (Fsp3) is 0.784. The van der Waals surface area contributed by atoms with Crippen LogP contribution in [-0.4, -0.2) is 148 Å². The van der Waals surface area contributed by atoms with Gasteiger partial charge < -0.3 is 56.1 Å². The molecule has 0 radical (unpaired) electrons. The molecule has 2 aliphatic rings. The Hall–Kier alpha value is -3.49. The van der Waals surface area contributed by atoms with Gasteiger partial charge in [-0.15, -0.1) is 0 Å². The van der Waals surface area contributed by atoms with Crippen molar-refractivity contribution in [2.24, 2.45) is 10.7 Å². The second kappa shape index (κ2) is 28.0. The van der Waals surface area contributed by atoms with E-state index >= 15 is 0 Å². The van der Waals surface area contributed by atoms with E-state index in [-0.39, 0.29) is 67.9 Å². The number of amides is 5. The number of nitrogens with zero attached hydrogens (tertiary/aromatic N) is 1. The van der Waals surface area contributed by atoms with E-state index in [4.69, 9.17) is 34.8 Å². The van der Waals surface area contributed by atoms with E-state index in [9.17, 15) is 28.8 Å². The average Bonchev–Trinajstić information content (AvgIpc) is 3.70. The molecule has 7 N–H and O–H groups in total. The van der Waals surface area contributed by atoms with Crippen LogP contribution < -0.4 is 27.0 Å². The van der Waals surface area contributed by atoms with Crippen molar-refractivity contribution in [3.8, 4) is 0 Å². The van der Waals surface area contributed by atoms with Crippen molar-refractivity contribution in [2.75, 3.05) is 71.7 Å². The van der Waals surface area contributed by atoms with Gasteiger partial charge in [-0.1, -0.05) is 6.42 Å². The summed E-state index contributed by atoms with van der Waals surface area (Å²) in [5, 5.41) is 19.0. The summed E-state index contributed by atoms with van der Waals surface area (Å²) in [6, 6.07) is -0.613. The smallest absolute Gasteiger partial charge is 0.353 e. The molecule has 2 heterocycles. The topological polar surface area (TPSA) is 259 Å². The molecule has 18 nitrogen and oxygen atoms in total. The van der Waals surface area contributed by atoms with Gasteiger partial charge in [-0.25, -0.2) is 14.6 Å². The third kappa shape index (κ3) is 22.3. The van der Waals surface area contributed by atoms with E-state index in [2.05, 4.69) is 26.3 Å². The van der Waals surface area contributed by atoms with E-state index in [0.717, 1.165) is 25.0 Å². The maximum Gasteiger partial charge on any atom is 0.353 e. The van der Waals surface area contributed by atoms with Gasteiger partial charge in [0.2, 0.25) is 11.8 Å². The van der Waals surface area contributed by atoms with Gasteiger partial charge in [0.15, 0.2) is 5.78 Å². The normalized spacial score (nSPS) is 18.4. The largest absolute Gasteiger partial charge is 0.455 e. The maximum atomic E-state index is 12.5. The molecule has 2 fully saturated rings. The number of aliphatic imine (C=N–C) groups is 1. The Balaban J connectivity index is 1.36. The second-order valence-electron chi connectivity index (χ2n) is 14.4. The molecule has 0 saturated carbocycles. The predicted octanol–water partition coefficient (Wildman–Crippen LogP) is 1.21. The number of Topliss-reactive ketones (excluding diaryl/α,β-unsaturated/α-hetero) is 1. The highest BCUT2D eigenvalue weighted by Crippen LogP contribution is 2.33. The number of nitrogens with one attached hydrogen (secondary N) is 5. The summed E-state index contributed by atoms with van der Waals surface area (Å²) in [6.45, 7) is 8.81. The van der Waals surface area contributed by atoms with Gasteiger partial charge in [0.25, 0.3) is 5.91 Å². The van der Waals surface area contributed by atoms with Crippen LogP contribution in [0.4, 0.5) is 4.79 Å². The van der Waals surface area contributed by atoms with Gasteiger partial charge in [0, 0.05) is 49.8 Å². The van der Waals surface area contributed by atoms with E-state index in [1.54, 1.807) is 20.8 Å². The lowest BCUT2D eigenvalue weighted by Crippen LogP contribution is -2.36. The molecule has 0 aliphatic carbocycles. The fourth-order valence-corrected chi connectivity index (χ4v) is 7.09. The Morgan fingerprint density at radius 1 is 0.839 bits per heavy atom. The molecule has 0 aromatic carbocycles. The Labute approximate surface area is 334 Å². The molecule has 5 amide bonds. The molecule has 0 unspecified atom stereocenters. The average molecular weight is 814 g/mol. The lowest BCUT2D eigenvalue weighted by Gasteiger charge is -2.20. The number of unbranched alkanes of at least 4 members (excludes halogenated alkanes) is 2. The molecule has 56 heavy (non-hydrogen) atoms. The van der Waals surface area contributed by atoms with Gasteiger partial charge in [-0.2, -0.15) is 11.8 Å². The number of carbonyl (C=O) groups is 6. The van der Waals surface area contributed by atoms with Crippen LogP contribution >= 0.6 is 11.8 Å². The first kappa shape index (κ1) is 48.7. The molecule has 2 saturated heterocycles. The number of nitrogens with two attached hydrogens (primary N) is 1. The molecular formula is C37H63N7O11S. The Morgan fingerprint density at radius 2 is 1.46 bits per heavy atom. The Kier molecular flexibility index (Phi) is 24.3. The zero-order valence-electron chi connectivity index (χ0n) is 33.2. The molecule has 0 aromatic rings. The highest BCUT2D eigenvalue weighted by atomic mass is 32.2. The molecule has 0 spiro atoms. The minimum Gasteiger partial charge on any atom is -0.455 e. The third-order valence-corrected chi connectivity index (χ3v) is 9.98. The van der Waals surface area contributed by atoms with Gasteiger partial charge in [0.1, 0.15) is 11.3 Å². The van der Waals surface area contributed by atoms with Crippen molar-refractivity contribution >= 4 is 59.2 Å². The van der Waals surface area contributed by atoms with Crippen molar-refractivity contribution < 1.29 is 52.5 Å². The number of urea groups is 1. The number of fused-ring (bicyclic) bond motifs is 1. The van der Waals surface area contributed by atoms with Crippen molar-refractivity contribution in [3.05, 3.63) is 0 Å². The summed E-state index contributed by atoms with van der Waals surface area (Å²) in [6.07, 6.45) is 5.16. The van der Waals surface area contributed by atoms with Crippen LogP contribution in [0.2, 0.25) is 0 Å². The van der Waals surface area contributed by atoms with Crippen molar-refractivity contribution in [1.29, 1.82) is 5.41 Å². The van der Waals surface area contributed by atoms with Crippen molar-refractivity contribution in [3.63, 3.8) is 0 Å². The minimum absolute atomic E-state index is 0.0132. The molecule has 0 bridgehead atoms. The number of carbonyl (C=O) groups excluding carboxylic acids is 6. The molecule has 19 heteroatoms. The van der Waals surface area contributed by atoms with Crippen molar-refractivity contribution in [1.82, 2.24) is 21.3 Å². The molecule has 318 valence electrons. The quantitative estimate of drug-likeness (QED) is 0.0249. The zero-order valence-corrected chi connectivity index (χ0v) is 34.0. The van der Waals surface area contributed by atoms with E-state index < -0.39 is 29.3 Å². The van der Waals surface area contributed by atoms with Crippen LogP contribution in [0.1, 0.15) is 85.0 Å². The fourth-order valence-electron chi connectivity index (χ4n) is 5.55. The monoisotopic (exact) mass is 813 g/mol. The van der Waals surface area contributed by atoms with Crippen LogP contribution in [0.5, 0.6) is 0 Å². The van der Waals surface area contributed by atoms with Gasteiger partial charge in [0.05, 0.1) is 77.2 Å². The first-order valence-corrected chi connectivity index (χ1v) is 20.5. The lowest BCUT2D eigenvalue weighted by molar-refractivity contribution is -0.146.